The van der Waals surface area contributed by atoms with Crippen LogP contribution in [0.3, 0.4) is 0 Å². The van der Waals surface area contributed by atoms with Crippen molar-refractivity contribution in [2.75, 3.05) is 0 Å². The first-order valence-electron chi connectivity index (χ1n) is 5.98. The normalized spacial score (nSPS) is 12.7. The third kappa shape index (κ3) is 2.57. The van der Waals surface area contributed by atoms with Crippen LogP contribution in [0.15, 0.2) is 24.4 Å². The molecule has 2 N–H and O–H groups in total. The van der Waals surface area contributed by atoms with Crippen LogP contribution < -0.4 is 5.73 Å². The van der Waals surface area contributed by atoms with E-state index >= 15 is 0 Å². The Morgan fingerprint density at radius 2 is 2.06 bits per heavy atom. The molecule has 0 spiro atoms. The Bertz CT molecular complexity index is 541. The molecule has 0 saturated carbocycles. The minimum Gasteiger partial charge on any atom is -0.322 e. The quantitative estimate of drug-likeness (QED) is 0.925. The molecular formula is C14H18ClN3. The number of halogens is 1. The van der Waals surface area contributed by atoms with E-state index in [1.54, 1.807) is 10.9 Å². The van der Waals surface area contributed by atoms with Gasteiger partial charge in [-0.2, -0.15) is 5.10 Å². The molecular weight excluding hydrogens is 246 g/mol. The van der Waals surface area contributed by atoms with Crippen molar-refractivity contribution in [1.82, 2.24) is 9.78 Å². The summed E-state index contributed by atoms with van der Waals surface area (Å²) in [5, 5.41) is 4.75. The van der Waals surface area contributed by atoms with Crippen LogP contribution in [0, 0.1) is 13.8 Å². The molecule has 4 heteroatoms. The highest BCUT2D eigenvalue weighted by Crippen LogP contribution is 2.23. The second kappa shape index (κ2) is 5.12. The molecule has 0 saturated heterocycles. The maximum absolute atomic E-state index is 6.22. The molecule has 1 unspecified atom stereocenters. The van der Waals surface area contributed by atoms with E-state index in [2.05, 4.69) is 37.1 Å². The van der Waals surface area contributed by atoms with E-state index in [0.717, 1.165) is 12.1 Å². The summed E-state index contributed by atoms with van der Waals surface area (Å²) in [7, 11) is 1.86. The highest BCUT2D eigenvalue weighted by atomic mass is 35.5. The molecule has 0 aliphatic carbocycles. The van der Waals surface area contributed by atoms with Gasteiger partial charge in [0.05, 0.1) is 23.0 Å². The molecule has 2 rings (SSSR count). The second-order valence-corrected chi connectivity index (χ2v) is 5.14. The standard InChI is InChI=1S/C14H18ClN3/c1-9-4-5-11(6-10(9)2)7-13(16)14-12(15)8-17-18(14)3/h4-6,8,13H,7,16H2,1-3H3. The first kappa shape index (κ1) is 13.1. The van der Waals surface area contributed by atoms with E-state index in [1.807, 2.05) is 7.05 Å². The minimum absolute atomic E-state index is 0.132. The summed E-state index contributed by atoms with van der Waals surface area (Å²) in [4.78, 5) is 0. The van der Waals surface area contributed by atoms with Crippen LogP contribution in [0.1, 0.15) is 28.4 Å². The number of hydrogen-bond acceptors (Lipinski definition) is 2. The maximum Gasteiger partial charge on any atom is 0.0834 e. The zero-order valence-corrected chi connectivity index (χ0v) is 11.7. The fourth-order valence-corrected chi connectivity index (χ4v) is 2.42. The largest absolute Gasteiger partial charge is 0.322 e. The summed E-state index contributed by atoms with van der Waals surface area (Å²) >= 11 is 6.10. The number of hydrogen-bond donors (Lipinski definition) is 1. The maximum atomic E-state index is 6.22. The molecule has 1 heterocycles. The molecule has 1 aromatic carbocycles. The van der Waals surface area contributed by atoms with Crippen LogP contribution in [0.25, 0.3) is 0 Å². The van der Waals surface area contributed by atoms with Crippen LogP contribution >= 0.6 is 11.6 Å². The Kier molecular flexibility index (Phi) is 3.73. The van der Waals surface area contributed by atoms with E-state index in [1.165, 1.54) is 16.7 Å². The Balaban J connectivity index is 2.21. The monoisotopic (exact) mass is 263 g/mol. The predicted molar refractivity (Wildman–Crippen MR) is 74.8 cm³/mol. The molecule has 0 amide bonds. The molecule has 3 nitrogen and oxygen atoms in total. The summed E-state index contributed by atoms with van der Waals surface area (Å²) < 4.78 is 1.74. The van der Waals surface area contributed by atoms with Crippen molar-refractivity contribution < 1.29 is 0 Å². The lowest BCUT2D eigenvalue weighted by atomic mass is 10.00. The van der Waals surface area contributed by atoms with Gasteiger partial charge >= 0.3 is 0 Å². The molecule has 0 bridgehead atoms. The first-order chi connectivity index (χ1) is 8.49. The SMILES string of the molecule is Cc1ccc(CC(N)c2c(Cl)cnn2C)cc1C. The average molecular weight is 264 g/mol. The topological polar surface area (TPSA) is 43.8 Å². The highest BCUT2D eigenvalue weighted by Gasteiger charge is 2.15. The molecule has 96 valence electrons. The summed E-state index contributed by atoms with van der Waals surface area (Å²) in [6.07, 6.45) is 2.40. The molecule has 1 aromatic heterocycles. The van der Waals surface area contributed by atoms with Crippen LogP contribution in [0.2, 0.25) is 5.02 Å². The Morgan fingerprint density at radius 3 is 2.61 bits per heavy atom. The fraction of sp³-hybridized carbons (Fsp3) is 0.357. The first-order valence-corrected chi connectivity index (χ1v) is 6.36. The summed E-state index contributed by atoms with van der Waals surface area (Å²) in [5.41, 5.74) is 10.9. The van der Waals surface area contributed by atoms with Crippen molar-refractivity contribution in [2.24, 2.45) is 12.8 Å². The Hall–Kier alpha value is -1.32. The van der Waals surface area contributed by atoms with E-state index in [0.29, 0.717) is 5.02 Å². The van der Waals surface area contributed by atoms with Crippen molar-refractivity contribution >= 4 is 11.6 Å². The van der Waals surface area contributed by atoms with Gasteiger partial charge in [0.25, 0.3) is 0 Å². The Morgan fingerprint density at radius 1 is 1.33 bits per heavy atom. The van der Waals surface area contributed by atoms with Crippen molar-refractivity contribution in [3.8, 4) is 0 Å². The van der Waals surface area contributed by atoms with Gasteiger partial charge in [-0.25, -0.2) is 0 Å². The molecule has 0 aliphatic rings. The van der Waals surface area contributed by atoms with E-state index < -0.39 is 0 Å². The zero-order chi connectivity index (χ0) is 13.3. The van der Waals surface area contributed by atoms with Crippen molar-refractivity contribution in [3.63, 3.8) is 0 Å². The number of nitrogens with zero attached hydrogens (tertiary/aromatic N) is 2. The average Bonchev–Trinajstić information content (AvgIpc) is 2.64. The molecule has 0 radical (unpaired) electrons. The van der Waals surface area contributed by atoms with Crippen LogP contribution in [0.4, 0.5) is 0 Å². The molecule has 0 fully saturated rings. The molecule has 0 aliphatic heterocycles. The lowest BCUT2D eigenvalue weighted by Crippen LogP contribution is -2.17. The zero-order valence-electron chi connectivity index (χ0n) is 10.9. The third-order valence-electron chi connectivity index (χ3n) is 3.32. The summed E-state index contributed by atoms with van der Waals surface area (Å²) in [6, 6.07) is 6.29. The van der Waals surface area contributed by atoms with Crippen molar-refractivity contribution in [3.05, 3.63) is 51.8 Å². The van der Waals surface area contributed by atoms with Gasteiger partial charge < -0.3 is 5.73 Å². The van der Waals surface area contributed by atoms with Crippen molar-refractivity contribution in [2.45, 2.75) is 26.3 Å². The van der Waals surface area contributed by atoms with Gasteiger partial charge in [0.1, 0.15) is 0 Å². The number of rotatable bonds is 3. The van der Waals surface area contributed by atoms with Gasteiger partial charge in [-0.15, -0.1) is 0 Å². The van der Waals surface area contributed by atoms with E-state index in [-0.39, 0.29) is 6.04 Å². The van der Waals surface area contributed by atoms with E-state index in [4.69, 9.17) is 17.3 Å². The lowest BCUT2D eigenvalue weighted by Gasteiger charge is -2.14. The van der Waals surface area contributed by atoms with Gasteiger partial charge in [-0.1, -0.05) is 29.8 Å². The smallest absolute Gasteiger partial charge is 0.0834 e. The number of aryl methyl sites for hydroxylation is 3. The second-order valence-electron chi connectivity index (χ2n) is 4.73. The van der Waals surface area contributed by atoms with Gasteiger partial charge in [-0.3, -0.25) is 4.68 Å². The summed E-state index contributed by atoms with van der Waals surface area (Å²) in [5.74, 6) is 0. The predicted octanol–water partition coefficient (Wildman–Crippen LogP) is 2.93. The third-order valence-corrected chi connectivity index (χ3v) is 3.61. The van der Waals surface area contributed by atoms with Gasteiger partial charge in [0.15, 0.2) is 0 Å². The number of benzene rings is 1. The number of nitrogens with two attached hydrogens (primary N) is 1. The van der Waals surface area contributed by atoms with Crippen molar-refractivity contribution in [1.29, 1.82) is 0 Å². The van der Waals surface area contributed by atoms with Gasteiger partial charge in [-0.05, 0) is 37.0 Å². The minimum atomic E-state index is -0.132. The fourth-order valence-electron chi connectivity index (χ4n) is 2.12. The number of aromatic nitrogens is 2. The summed E-state index contributed by atoms with van der Waals surface area (Å²) in [6.45, 7) is 4.22. The lowest BCUT2D eigenvalue weighted by molar-refractivity contribution is 0.617. The van der Waals surface area contributed by atoms with Crippen LogP contribution in [0.5, 0.6) is 0 Å². The van der Waals surface area contributed by atoms with Crippen LogP contribution in [-0.2, 0) is 13.5 Å². The van der Waals surface area contributed by atoms with Gasteiger partial charge in [0, 0.05) is 7.05 Å². The molecule has 1 atom stereocenters. The highest BCUT2D eigenvalue weighted by molar-refractivity contribution is 6.31. The molecule has 2 aromatic rings. The molecule has 18 heavy (non-hydrogen) atoms. The Labute approximate surface area is 113 Å². The van der Waals surface area contributed by atoms with Gasteiger partial charge in [0.2, 0.25) is 0 Å². The van der Waals surface area contributed by atoms with Crippen LogP contribution in [-0.4, -0.2) is 9.78 Å². The van der Waals surface area contributed by atoms with E-state index in [9.17, 15) is 0 Å².